The Morgan fingerprint density at radius 3 is 2.81 bits per heavy atom. The smallest absolute Gasteiger partial charge is 0.339 e. The summed E-state index contributed by atoms with van der Waals surface area (Å²) < 4.78 is 26.1. The van der Waals surface area contributed by atoms with Gasteiger partial charge in [0.15, 0.2) is 0 Å². The zero-order valence-corrected chi connectivity index (χ0v) is 7.91. The third-order valence-electron chi connectivity index (χ3n) is 2.42. The third kappa shape index (κ3) is 1.52. The summed E-state index contributed by atoms with van der Waals surface area (Å²) in [7, 11) is 0. The highest BCUT2D eigenvalue weighted by atomic mass is 19.1. The van der Waals surface area contributed by atoms with E-state index in [-0.39, 0.29) is 11.3 Å². The van der Waals surface area contributed by atoms with Crippen molar-refractivity contribution >= 4 is 17.6 Å². The Bertz CT molecular complexity index is 475. The number of anilines is 1. The van der Waals surface area contributed by atoms with Crippen LogP contribution in [-0.4, -0.2) is 23.2 Å². The van der Waals surface area contributed by atoms with Gasteiger partial charge in [0.05, 0.1) is 0 Å². The Morgan fingerprint density at radius 1 is 1.50 bits per heavy atom. The Kier molecular flexibility index (Phi) is 2.34. The fraction of sp³-hybridized carbons (Fsp3) is 0.200. The summed E-state index contributed by atoms with van der Waals surface area (Å²) in [5.41, 5.74) is 0.292. The first-order chi connectivity index (χ1) is 7.50. The number of carbonyl (C=O) groups is 2. The number of halogens is 2. The molecule has 1 amide bonds. The topological polar surface area (TPSA) is 66.4 Å². The molecule has 0 radical (unpaired) electrons. The number of benzene rings is 1. The summed E-state index contributed by atoms with van der Waals surface area (Å²) in [6, 6.07) is 3.30. The van der Waals surface area contributed by atoms with Crippen LogP contribution in [-0.2, 0) is 9.59 Å². The molecule has 2 rings (SSSR count). The number of carboxylic acids is 1. The average Bonchev–Trinajstić information content (AvgIpc) is 2.51. The van der Waals surface area contributed by atoms with Gasteiger partial charge >= 0.3 is 5.97 Å². The first-order valence-corrected chi connectivity index (χ1v) is 4.48. The zero-order valence-electron chi connectivity index (χ0n) is 7.91. The van der Waals surface area contributed by atoms with Crippen LogP contribution in [0.4, 0.5) is 14.5 Å². The lowest BCUT2D eigenvalue weighted by Gasteiger charge is -2.09. The zero-order chi connectivity index (χ0) is 11.9. The van der Waals surface area contributed by atoms with Gasteiger partial charge in [-0.25, -0.2) is 13.6 Å². The molecule has 0 aromatic heterocycles. The molecule has 84 valence electrons. The molecule has 1 heterocycles. The van der Waals surface area contributed by atoms with E-state index in [4.69, 9.17) is 5.11 Å². The average molecular weight is 227 g/mol. The van der Waals surface area contributed by atoms with E-state index in [0.717, 1.165) is 12.1 Å². The molecular weight excluding hydrogens is 220 g/mol. The monoisotopic (exact) mass is 227 g/mol. The molecular formula is C10H7F2NO3. The number of aliphatic carboxylic acids is 1. The van der Waals surface area contributed by atoms with Crippen LogP contribution >= 0.6 is 0 Å². The van der Waals surface area contributed by atoms with Gasteiger partial charge in [0.2, 0.25) is 12.1 Å². The lowest BCUT2D eigenvalue weighted by molar-refractivity contribution is -0.145. The number of carbonyl (C=O) groups excluding carboxylic acids is 1. The molecule has 4 nitrogen and oxygen atoms in total. The molecule has 0 spiro atoms. The fourth-order valence-corrected chi connectivity index (χ4v) is 1.69. The second-order valence-corrected chi connectivity index (χ2v) is 3.44. The molecule has 1 aromatic carbocycles. The van der Waals surface area contributed by atoms with Crippen LogP contribution in [0.5, 0.6) is 0 Å². The molecule has 0 aliphatic carbocycles. The minimum Gasteiger partial charge on any atom is -0.479 e. The molecule has 2 unspecified atom stereocenters. The van der Waals surface area contributed by atoms with Crippen molar-refractivity contribution in [2.24, 2.45) is 0 Å². The van der Waals surface area contributed by atoms with E-state index in [2.05, 4.69) is 5.32 Å². The van der Waals surface area contributed by atoms with Gasteiger partial charge < -0.3 is 10.4 Å². The molecule has 0 fully saturated rings. The fourth-order valence-electron chi connectivity index (χ4n) is 1.69. The van der Waals surface area contributed by atoms with Crippen molar-refractivity contribution in [3.8, 4) is 0 Å². The molecule has 0 saturated carbocycles. The van der Waals surface area contributed by atoms with Crippen LogP contribution in [0.2, 0.25) is 0 Å². The van der Waals surface area contributed by atoms with E-state index in [0.29, 0.717) is 0 Å². The number of carboxylic acid groups (broad SMARTS) is 1. The number of amides is 1. The predicted octanol–water partition coefficient (Wildman–Crippen LogP) is 1.28. The Hall–Kier alpha value is -1.98. The Labute approximate surface area is 88.9 Å². The van der Waals surface area contributed by atoms with Crippen LogP contribution in [0, 0.1) is 5.82 Å². The SMILES string of the molecule is O=C(O)C(F)C1C(=O)Nc2cc(F)ccc21. The maximum absolute atomic E-state index is 13.3. The van der Waals surface area contributed by atoms with Crippen molar-refractivity contribution in [1.82, 2.24) is 0 Å². The predicted molar refractivity (Wildman–Crippen MR) is 50.3 cm³/mol. The highest BCUT2D eigenvalue weighted by Gasteiger charge is 2.41. The second kappa shape index (κ2) is 3.55. The summed E-state index contributed by atoms with van der Waals surface area (Å²) in [6.07, 6.45) is -2.33. The van der Waals surface area contributed by atoms with Gasteiger partial charge in [0.1, 0.15) is 11.7 Å². The van der Waals surface area contributed by atoms with E-state index < -0.39 is 29.8 Å². The summed E-state index contributed by atoms with van der Waals surface area (Å²) >= 11 is 0. The molecule has 2 atom stereocenters. The second-order valence-electron chi connectivity index (χ2n) is 3.44. The lowest BCUT2D eigenvalue weighted by Crippen LogP contribution is -2.28. The van der Waals surface area contributed by atoms with Gasteiger partial charge in [-0.05, 0) is 17.7 Å². The highest BCUT2D eigenvalue weighted by molar-refractivity contribution is 6.05. The molecule has 1 aliphatic rings. The number of fused-ring (bicyclic) bond motifs is 1. The number of hydrogen-bond donors (Lipinski definition) is 2. The molecule has 2 N–H and O–H groups in total. The van der Waals surface area contributed by atoms with E-state index in [1.54, 1.807) is 0 Å². The first kappa shape index (κ1) is 10.5. The van der Waals surface area contributed by atoms with Gasteiger partial charge in [-0.2, -0.15) is 0 Å². The molecule has 16 heavy (non-hydrogen) atoms. The van der Waals surface area contributed by atoms with Gasteiger partial charge in [0, 0.05) is 5.69 Å². The van der Waals surface area contributed by atoms with E-state index >= 15 is 0 Å². The van der Waals surface area contributed by atoms with Gasteiger partial charge in [-0.15, -0.1) is 0 Å². The first-order valence-electron chi connectivity index (χ1n) is 4.48. The van der Waals surface area contributed by atoms with Crippen LogP contribution in [0.25, 0.3) is 0 Å². The largest absolute Gasteiger partial charge is 0.479 e. The maximum Gasteiger partial charge on any atom is 0.339 e. The van der Waals surface area contributed by atoms with Crippen molar-refractivity contribution < 1.29 is 23.5 Å². The van der Waals surface area contributed by atoms with Crippen molar-refractivity contribution in [1.29, 1.82) is 0 Å². The lowest BCUT2D eigenvalue weighted by atomic mass is 9.96. The van der Waals surface area contributed by atoms with Crippen molar-refractivity contribution in [2.75, 3.05) is 5.32 Å². The maximum atomic E-state index is 13.3. The summed E-state index contributed by atoms with van der Waals surface area (Å²) in [4.78, 5) is 21.8. The molecule has 6 heteroatoms. The summed E-state index contributed by atoms with van der Waals surface area (Å²) in [6.45, 7) is 0. The molecule has 0 bridgehead atoms. The van der Waals surface area contributed by atoms with Crippen molar-refractivity contribution in [3.63, 3.8) is 0 Å². The van der Waals surface area contributed by atoms with Gasteiger partial charge in [-0.1, -0.05) is 6.07 Å². The van der Waals surface area contributed by atoms with Crippen LogP contribution in [0.3, 0.4) is 0 Å². The number of alkyl halides is 1. The highest BCUT2D eigenvalue weighted by Crippen LogP contribution is 2.36. The summed E-state index contributed by atoms with van der Waals surface area (Å²) in [5, 5.41) is 10.8. The Morgan fingerprint density at radius 2 is 2.19 bits per heavy atom. The van der Waals surface area contributed by atoms with E-state index in [1.807, 2.05) is 0 Å². The van der Waals surface area contributed by atoms with Crippen LogP contribution < -0.4 is 5.32 Å². The number of rotatable bonds is 2. The summed E-state index contributed by atoms with van der Waals surface area (Å²) in [5.74, 6) is -4.47. The quantitative estimate of drug-likeness (QED) is 0.799. The van der Waals surface area contributed by atoms with Crippen molar-refractivity contribution in [3.05, 3.63) is 29.6 Å². The van der Waals surface area contributed by atoms with Crippen molar-refractivity contribution in [2.45, 2.75) is 12.1 Å². The van der Waals surface area contributed by atoms with Gasteiger partial charge in [-0.3, -0.25) is 4.79 Å². The molecule has 1 aliphatic heterocycles. The van der Waals surface area contributed by atoms with Crippen LogP contribution in [0.1, 0.15) is 11.5 Å². The standard InChI is InChI=1S/C10H7F2NO3/c11-4-1-2-5-6(3-4)13-9(14)7(5)8(12)10(15)16/h1-3,7-8H,(H,13,14)(H,15,16). The van der Waals surface area contributed by atoms with Crippen LogP contribution in [0.15, 0.2) is 18.2 Å². The minimum absolute atomic E-state index is 0.124. The number of nitrogens with one attached hydrogen (secondary N) is 1. The van der Waals surface area contributed by atoms with Gasteiger partial charge in [0.25, 0.3) is 0 Å². The van der Waals surface area contributed by atoms with E-state index in [9.17, 15) is 18.4 Å². The van der Waals surface area contributed by atoms with E-state index in [1.165, 1.54) is 6.07 Å². The minimum atomic E-state index is -2.33. The Balaban J connectivity index is 2.44. The number of hydrogen-bond acceptors (Lipinski definition) is 2. The normalized spacial score (nSPS) is 20.1. The third-order valence-corrected chi connectivity index (χ3v) is 2.42. The molecule has 1 aromatic rings. The molecule has 0 saturated heterocycles.